The first-order valence-electron chi connectivity index (χ1n) is 11.3. The van der Waals surface area contributed by atoms with Crippen LogP contribution in [-0.2, 0) is 25.6 Å². The van der Waals surface area contributed by atoms with Crippen LogP contribution in [0.2, 0.25) is 0 Å². The van der Waals surface area contributed by atoms with Crippen LogP contribution < -0.4 is 11.1 Å². The number of benzene rings is 2. The van der Waals surface area contributed by atoms with E-state index in [9.17, 15) is 44.3 Å². The van der Waals surface area contributed by atoms with Crippen LogP contribution in [0.5, 0.6) is 0 Å². The number of alkyl halides is 9. The SMILES string of the molecule is N[C@H](CCc1ccccc1)C(=O)Nc1cc2ccccc2nn1.O=C(O)C(F)(F)F.O=C(O)C(F)(F)F.O=C(O)C(F)(F)F. The summed E-state index contributed by atoms with van der Waals surface area (Å²) in [6.45, 7) is 0. The van der Waals surface area contributed by atoms with Crippen molar-refractivity contribution in [3.05, 3.63) is 66.2 Å². The van der Waals surface area contributed by atoms with Gasteiger partial charge in [-0.05, 0) is 30.5 Å². The van der Waals surface area contributed by atoms with Crippen LogP contribution in [-0.4, -0.2) is 73.9 Å². The number of aliphatic carboxylic acids is 3. The second-order valence-corrected chi connectivity index (χ2v) is 7.82. The van der Waals surface area contributed by atoms with Crippen LogP contribution in [0.1, 0.15) is 12.0 Å². The number of carbonyl (C=O) groups excluding carboxylic acids is 1. The lowest BCUT2D eigenvalue weighted by Gasteiger charge is -2.11. The van der Waals surface area contributed by atoms with Crippen molar-refractivity contribution in [2.75, 3.05) is 5.32 Å². The van der Waals surface area contributed by atoms with Crippen LogP contribution in [0, 0.1) is 0 Å². The number of aryl methyl sites for hydroxylation is 1. The molecule has 6 N–H and O–H groups in total. The van der Waals surface area contributed by atoms with E-state index in [0.29, 0.717) is 12.2 Å². The molecule has 0 unspecified atom stereocenters. The van der Waals surface area contributed by atoms with Crippen molar-refractivity contribution in [3.8, 4) is 0 Å². The number of amides is 1. The zero-order valence-electron chi connectivity index (χ0n) is 21.6. The summed E-state index contributed by atoms with van der Waals surface area (Å²) in [5.74, 6) is -8.10. The van der Waals surface area contributed by atoms with Gasteiger partial charge in [-0.25, -0.2) is 14.4 Å². The van der Waals surface area contributed by atoms with Gasteiger partial charge in [0.2, 0.25) is 5.91 Å². The van der Waals surface area contributed by atoms with Gasteiger partial charge in [0, 0.05) is 5.39 Å². The molecule has 11 nitrogen and oxygen atoms in total. The molecule has 0 bridgehead atoms. The third-order valence-corrected chi connectivity index (χ3v) is 4.40. The fourth-order valence-corrected chi connectivity index (χ4v) is 2.36. The maximum atomic E-state index is 12.2. The van der Waals surface area contributed by atoms with Crippen molar-refractivity contribution < 1.29 is 74.0 Å². The van der Waals surface area contributed by atoms with Crippen LogP contribution in [0.15, 0.2) is 60.7 Å². The van der Waals surface area contributed by atoms with Crippen molar-refractivity contribution in [3.63, 3.8) is 0 Å². The zero-order valence-corrected chi connectivity index (χ0v) is 21.6. The Morgan fingerprint density at radius 2 is 1.11 bits per heavy atom. The van der Waals surface area contributed by atoms with Gasteiger partial charge in [0.05, 0.1) is 11.6 Å². The summed E-state index contributed by atoms with van der Waals surface area (Å²) in [6, 6.07) is 18.8. The molecule has 0 saturated heterocycles. The number of nitrogens with one attached hydrogen (secondary N) is 1. The molecule has 3 rings (SSSR count). The molecule has 1 atom stereocenters. The van der Waals surface area contributed by atoms with E-state index in [2.05, 4.69) is 15.5 Å². The Bertz CT molecular complexity index is 1330. The van der Waals surface area contributed by atoms with Gasteiger partial charge in [-0.15, -0.1) is 10.2 Å². The second-order valence-electron chi connectivity index (χ2n) is 7.82. The predicted molar refractivity (Wildman–Crippen MR) is 132 cm³/mol. The van der Waals surface area contributed by atoms with Crippen molar-refractivity contribution >= 4 is 40.5 Å². The molecule has 0 fully saturated rings. The summed E-state index contributed by atoms with van der Waals surface area (Å²) in [5.41, 5.74) is 7.92. The van der Waals surface area contributed by atoms with Crippen molar-refractivity contribution in [1.82, 2.24) is 10.2 Å². The van der Waals surface area contributed by atoms with E-state index in [1.165, 1.54) is 5.56 Å². The maximum Gasteiger partial charge on any atom is 0.490 e. The minimum absolute atomic E-state index is 0.245. The lowest BCUT2D eigenvalue weighted by molar-refractivity contribution is -0.193. The Hall–Kier alpha value is -5.01. The molecule has 0 spiro atoms. The highest BCUT2D eigenvalue weighted by Gasteiger charge is 2.39. The molecule has 0 aliphatic heterocycles. The highest BCUT2D eigenvalue weighted by Crippen LogP contribution is 2.15. The molecule has 3 aromatic rings. The number of carbonyl (C=O) groups is 4. The Kier molecular flexibility index (Phi) is 15.2. The number of nitrogens with zero attached hydrogens (tertiary/aromatic N) is 2. The molecule has 44 heavy (non-hydrogen) atoms. The molecule has 0 radical (unpaired) electrons. The molecular weight excluding hydrogens is 627 g/mol. The minimum Gasteiger partial charge on any atom is -0.475 e. The number of anilines is 1. The van der Waals surface area contributed by atoms with E-state index in [-0.39, 0.29) is 5.91 Å². The van der Waals surface area contributed by atoms with Gasteiger partial charge >= 0.3 is 36.4 Å². The number of aromatic nitrogens is 2. The maximum absolute atomic E-state index is 12.2. The Labute approximate surface area is 240 Å². The van der Waals surface area contributed by atoms with Crippen LogP contribution in [0.3, 0.4) is 0 Å². The number of rotatable bonds is 5. The number of hydrogen-bond acceptors (Lipinski definition) is 7. The number of fused-ring (bicyclic) bond motifs is 1. The summed E-state index contributed by atoms with van der Waals surface area (Å²) in [5, 5.41) is 33.1. The number of nitrogens with two attached hydrogens (primary N) is 1. The topological polar surface area (TPSA) is 193 Å². The van der Waals surface area contributed by atoms with Gasteiger partial charge in [-0.2, -0.15) is 39.5 Å². The van der Waals surface area contributed by atoms with Crippen LogP contribution in [0.4, 0.5) is 45.3 Å². The van der Waals surface area contributed by atoms with Crippen LogP contribution in [0.25, 0.3) is 10.9 Å². The van der Waals surface area contributed by atoms with Gasteiger partial charge in [0.25, 0.3) is 0 Å². The third kappa shape index (κ3) is 16.4. The third-order valence-electron chi connectivity index (χ3n) is 4.40. The van der Waals surface area contributed by atoms with Crippen molar-refractivity contribution in [2.24, 2.45) is 5.73 Å². The van der Waals surface area contributed by atoms with Gasteiger partial charge in [-0.1, -0.05) is 48.5 Å². The predicted octanol–water partition coefficient (Wildman–Crippen LogP) is 4.43. The van der Waals surface area contributed by atoms with Crippen molar-refractivity contribution in [2.45, 2.75) is 37.4 Å². The Balaban J connectivity index is 0.000000721. The molecule has 1 amide bonds. The van der Waals surface area contributed by atoms with E-state index in [0.717, 1.165) is 17.3 Å². The molecule has 0 aliphatic carbocycles. The second kappa shape index (κ2) is 17.2. The summed E-state index contributed by atoms with van der Waals surface area (Å²) in [6.07, 6.45) is -13.9. The van der Waals surface area contributed by atoms with Gasteiger partial charge in [0.15, 0.2) is 5.82 Å². The summed E-state index contributed by atoms with van der Waals surface area (Å²) in [4.78, 5) is 38.9. The number of carboxylic acids is 3. The molecule has 1 heterocycles. The quantitative estimate of drug-likeness (QED) is 0.247. The average molecular weight is 648 g/mol. The first kappa shape index (κ1) is 39.0. The molecule has 20 heteroatoms. The summed E-state index contributed by atoms with van der Waals surface area (Å²) >= 11 is 0. The average Bonchev–Trinajstić information content (AvgIpc) is 2.91. The van der Waals surface area contributed by atoms with E-state index in [1.807, 2.05) is 54.6 Å². The lowest BCUT2D eigenvalue weighted by atomic mass is 10.1. The smallest absolute Gasteiger partial charge is 0.475 e. The molecule has 0 aliphatic rings. The standard InChI is InChI=1S/C18H18N4O.3C2HF3O2/c19-15(11-10-13-6-2-1-3-7-13)18(23)20-17-12-14-8-4-5-9-16(14)21-22-17;3*3-2(4,5)1(6)7/h1-9,12,15H,10-11,19H2,(H,20,22,23);3*(H,6,7)/t15-;;;/m1.../s1. The fraction of sp³-hybridized carbons (Fsp3) is 0.250. The Morgan fingerprint density at radius 1 is 0.705 bits per heavy atom. The van der Waals surface area contributed by atoms with Gasteiger partial charge < -0.3 is 26.4 Å². The number of halogens is 9. The summed E-state index contributed by atoms with van der Waals surface area (Å²) in [7, 11) is 0. The molecule has 1 aromatic heterocycles. The van der Waals surface area contributed by atoms with Crippen molar-refractivity contribution in [1.29, 1.82) is 0 Å². The van der Waals surface area contributed by atoms with E-state index in [1.54, 1.807) is 6.07 Å². The first-order valence-corrected chi connectivity index (χ1v) is 11.3. The molecule has 2 aromatic carbocycles. The zero-order chi connectivity index (χ0) is 34.3. The molecule has 0 saturated carbocycles. The van der Waals surface area contributed by atoms with Gasteiger partial charge in [-0.3, -0.25) is 4.79 Å². The van der Waals surface area contributed by atoms with E-state index < -0.39 is 42.5 Å². The first-order chi connectivity index (χ1) is 20.1. The largest absolute Gasteiger partial charge is 0.490 e. The lowest BCUT2D eigenvalue weighted by Crippen LogP contribution is -2.36. The molecular formula is C24H21F9N4O7. The minimum atomic E-state index is -5.08. The number of hydrogen-bond donors (Lipinski definition) is 5. The molecule has 242 valence electrons. The fourth-order valence-electron chi connectivity index (χ4n) is 2.36. The normalized spacial score (nSPS) is 11.7. The number of carboxylic acid groups (broad SMARTS) is 3. The van der Waals surface area contributed by atoms with Crippen LogP contribution >= 0.6 is 0 Å². The highest BCUT2D eigenvalue weighted by atomic mass is 19.4. The van der Waals surface area contributed by atoms with E-state index >= 15 is 0 Å². The Morgan fingerprint density at radius 3 is 1.55 bits per heavy atom. The summed E-state index contributed by atoms with van der Waals surface area (Å²) < 4.78 is 95.2. The van der Waals surface area contributed by atoms with Gasteiger partial charge in [0.1, 0.15) is 0 Å². The highest BCUT2D eigenvalue weighted by molar-refractivity contribution is 5.95. The van der Waals surface area contributed by atoms with E-state index in [4.69, 9.17) is 35.4 Å². The monoisotopic (exact) mass is 648 g/mol.